The quantitative estimate of drug-likeness (QED) is 0.824. The van der Waals surface area contributed by atoms with Crippen molar-refractivity contribution in [2.75, 3.05) is 18.9 Å². The molecule has 1 heterocycles. The van der Waals surface area contributed by atoms with Crippen molar-refractivity contribution in [2.24, 2.45) is 5.92 Å². The van der Waals surface area contributed by atoms with Gasteiger partial charge in [-0.05, 0) is 49.4 Å². The fraction of sp³-hybridized carbons (Fsp3) is 0.562. The molecule has 0 radical (unpaired) electrons. The number of hydrogen-bond acceptors (Lipinski definition) is 3. The molecule has 1 aromatic rings. The third-order valence-electron chi connectivity index (χ3n) is 4.20. The van der Waals surface area contributed by atoms with E-state index in [1.54, 1.807) is 11.8 Å². The van der Waals surface area contributed by atoms with Crippen LogP contribution in [0.5, 0.6) is 0 Å². The number of nitrogens with zero attached hydrogens (tertiary/aromatic N) is 1. The van der Waals surface area contributed by atoms with Gasteiger partial charge in [0.15, 0.2) is 0 Å². The zero-order valence-electron chi connectivity index (χ0n) is 12.7. The van der Waals surface area contributed by atoms with Crippen LogP contribution in [0.25, 0.3) is 0 Å². The summed E-state index contributed by atoms with van der Waals surface area (Å²) in [7, 11) is 0. The number of amides is 1. The molecule has 1 aliphatic rings. The average molecular weight is 372 g/mol. The van der Waals surface area contributed by atoms with E-state index < -0.39 is 0 Å². The number of aliphatic hydroxyl groups is 1. The van der Waals surface area contributed by atoms with Crippen LogP contribution >= 0.6 is 27.7 Å². The average Bonchev–Trinajstić information content (AvgIpc) is 2.82. The zero-order valence-corrected chi connectivity index (χ0v) is 15.1. The largest absolute Gasteiger partial charge is 0.394 e. The lowest BCUT2D eigenvalue weighted by Gasteiger charge is -2.25. The summed E-state index contributed by atoms with van der Waals surface area (Å²) in [5, 5.41) is 9.45. The van der Waals surface area contributed by atoms with Crippen LogP contribution < -0.4 is 0 Å². The molecule has 21 heavy (non-hydrogen) atoms. The molecule has 1 fully saturated rings. The van der Waals surface area contributed by atoms with Gasteiger partial charge in [-0.15, -0.1) is 11.8 Å². The Morgan fingerprint density at radius 2 is 2.14 bits per heavy atom. The second kappa shape index (κ2) is 7.16. The third kappa shape index (κ3) is 3.82. The Kier molecular flexibility index (Phi) is 5.74. The van der Waals surface area contributed by atoms with E-state index >= 15 is 0 Å². The topological polar surface area (TPSA) is 40.5 Å². The van der Waals surface area contributed by atoms with Gasteiger partial charge in [0.1, 0.15) is 0 Å². The van der Waals surface area contributed by atoms with Gasteiger partial charge in [0.05, 0.1) is 18.4 Å². The molecule has 2 atom stereocenters. The normalized spacial score (nSPS) is 21.9. The summed E-state index contributed by atoms with van der Waals surface area (Å²) in [6.45, 7) is 7.05. The van der Waals surface area contributed by atoms with Crippen molar-refractivity contribution in [3.8, 4) is 0 Å². The van der Waals surface area contributed by atoms with Crippen molar-refractivity contribution in [3.05, 3.63) is 27.7 Å². The Hall–Kier alpha value is -0.520. The van der Waals surface area contributed by atoms with Gasteiger partial charge in [0.2, 0.25) is 5.91 Å². The first kappa shape index (κ1) is 16.8. The maximum atomic E-state index is 12.4. The van der Waals surface area contributed by atoms with Gasteiger partial charge in [-0.25, -0.2) is 0 Å². The fourth-order valence-electron chi connectivity index (χ4n) is 2.73. The van der Waals surface area contributed by atoms with E-state index in [2.05, 4.69) is 48.8 Å². The van der Waals surface area contributed by atoms with Crippen LogP contribution in [0.1, 0.15) is 24.5 Å². The standard InChI is InChI=1S/C16H22BrNO2S/c1-10-4-5-18(14(10)8-19)16(20)9-21-15-7-11(2)13(17)6-12(15)3/h6-7,10,14,19H,4-5,8-9H2,1-3H3/t10-,14+/m0/s1. The Morgan fingerprint density at radius 3 is 2.81 bits per heavy atom. The first-order valence-corrected chi connectivity index (χ1v) is 9.01. The second-order valence-electron chi connectivity index (χ2n) is 5.76. The van der Waals surface area contributed by atoms with Gasteiger partial charge in [0, 0.05) is 15.9 Å². The molecule has 1 aromatic carbocycles. The van der Waals surface area contributed by atoms with E-state index in [1.807, 2.05) is 4.90 Å². The Balaban J connectivity index is 2.00. The summed E-state index contributed by atoms with van der Waals surface area (Å²) < 4.78 is 1.10. The molecule has 0 saturated carbocycles. The summed E-state index contributed by atoms with van der Waals surface area (Å²) in [5.74, 6) is 0.953. The lowest BCUT2D eigenvalue weighted by Crippen LogP contribution is -2.40. The van der Waals surface area contributed by atoms with Gasteiger partial charge < -0.3 is 10.0 Å². The van der Waals surface area contributed by atoms with Gasteiger partial charge in [-0.3, -0.25) is 4.79 Å². The van der Waals surface area contributed by atoms with Crippen LogP contribution in [0.2, 0.25) is 0 Å². The summed E-state index contributed by atoms with van der Waals surface area (Å²) in [6, 6.07) is 4.20. The van der Waals surface area contributed by atoms with Crippen molar-refractivity contribution >= 4 is 33.6 Å². The molecule has 5 heteroatoms. The van der Waals surface area contributed by atoms with Crippen LogP contribution in [0.15, 0.2) is 21.5 Å². The highest BCUT2D eigenvalue weighted by Crippen LogP contribution is 2.30. The van der Waals surface area contributed by atoms with Gasteiger partial charge in [0.25, 0.3) is 0 Å². The number of aliphatic hydroxyl groups excluding tert-OH is 1. The maximum absolute atomic E-state index is 12.4. The van der Waals surface area contributed by atoms with Crippen LogP contribution in [0.3, 0.4) is 0 Å². The highest BCUT2D eigenvalue weighted by atomic mass is 79.9. The van der Waals surface area contributed by atoms with Crippen molar-refractivity contribution in [1.29, 1.82) is 0 Å². The molecule has 0 aromatic heterocycles. The molecule has 0 unspecified atom stereocenters. The minimum atomic E-state index is -0.00847. The zero-order chi connectivity index (χ0) is 15.6. The van der Waals surface area contributed by atoms with Crippen molar-refractivity contribution < 1.29 is 9.90 Å². The number of benzene rings is 1. The third-order valence-corrected chi connectivity index (χ3v) is 6.19. The van der Waals surface area contributed by atoms with E-state index in [1.165, 1.54) is 11.1 Å². The molecule has 3 nitrogen and oxygen atoms in total. The van der Waals surface area contributed by atoms with Gasteiger partial charge in [-0.2, -0.15) is 0 Å². The molecule has 0 bridgehead atoms. The summed E-state index contributed by atoms with van der Waals surface area (Å²) in [5.41, 5.74) is 2.36. The van der Waals surface area contributed by atoms with Crippen molar-refractivity contribution in [2.45, 2.75) is 38.1 Å². The van der Waals surface area contributed by atoms with Crippen LogP contribution in [-0.4, -0.2) is 40.9 Å². The van der Waals surface area contributed by atoms with Crippen molar-refractivity contribution in [1.82, 2.24) is 4.90 Å². The number of halogens is 1. The number of rotatable bonds is 4. The lowest BCUT2D eigenvalue weighted by molar-refractivity contribution is -0.130. The number of thioether (sulfide) groups is 1. The van der Waals surface area contributed by atoms with Crippen molar-refractivity contribution in [3.63, 3.8) is 0 Å². The van der Waals surface area contributed by atoms with E-state index in [0.717, 1.165) is 22.3 Å². The number of likely N-dealkylation sites (tertiary alicyclic amines) is 1. The lowest BCUT2D eigenvalue weighted by atomic mass is 10.0. The van der Waals surface area contributed by atoms with E-state index in [4.69, 9.17) is 0 Å². The monoisotopic (exact) mass is 371 g/mol. The first-order chi connectivity index (χ1) is 9.93. The predicted molar refractivity (Wildman–Crippen MR) is 90.7 cm³/mol. The predicted octanol–water partition coefficient (Wildman–Crippen LogP) is 3.39. The number of carbonyl (C=O) groups is 1. The molecule has 116 valence electrons. The second-order valence-corrected chi connectivity index (χ2v) is 7.63. The van der Waals surface area contributed by atoms with E-state index in [0.29, 0.717) is 11.7 Å². The number of hydrogen-bond donors (Lipinski definition) is 1. The molecular weight excluding hydrogens is 350 g/mol. The molecule has 1 amide bonds. The molecule has 1 aliphatic heterocycles. The summed E-state index contributed by atoms with van der Waals surface area (Å²) in [6.07, 6.45) is 0.984. The number of aryl methyl sites for hydroxylation is 2. The first-order valence-electron chi connectivity index (χ1n) is 7.24. The fourth-order valence-corrected chi connectivity index (χ4v) is 4.18. The summed E-state index contributed by atoms with van der Waals surface area (Å²) >= 11 is 5.11. The van der Waals surface area contributed by atoms with E-state index in [9.17, 15) is 9.90 Å². The Labute approximate surface area is 139 Å². The smallest absolute Gasteiger partial charge is 0.233 e. The highest BCUT2D eigenvalue weighted by Gasteiger charge is 2.33. The maximum Gasteiger partial charge on any atom is 0.233 e. The minimum absolute atomic E-state index is 0.00847. The minimum Gasteiger partial charge on any atom is -0.394 e. The SMILES string of the molecule is Cc1cc(SCC(=O)N2CC[C@H](C)[C@H]2CO)c(C)cc1Br. The highest BCUT2D eigenvalue weighted by molar-refractivity contribution is 9.10. The Bertz CT molecular complexity index is 535. The summed E-state index contributed by atoms with van der Waals surface area (Å²) in [4.78, 5) is 15.4. The number of carbonyl (C=O) groups excluding carboxylic acids is 1. The van der Waals surface area contributed by atoms with Crippen LogP contribution in [-0.2, 0) is 4.79 Å². The molecule has 2 rings (SSSR count). The Morgan fingerprint density at radius 1 is 1.43 bits per heavy atom. The van der Waals surface area contributed by atoms with Gasteiger partial charge >= 0.3 is 0 Å². The van der Waals surface area contributed by atoms with E-state index in [-0.39, 0.29) is 18.6 Å². The molecule has 1 N–H and O–H groups in total. The van der Waals surface area contributed by atoms with Gasteiger partial charge in [-0.1, -0.05) is 22.9 Å². The molecular formula is C16H22BrNO2S. The molecule has 1 saturated heterocycles. The molecule has 0 spiro atoms. The van der Waals surface area contributed by atoms with Crippen LogP contribution in [0.4, 0.5) is 0 Å². The molecule has 0 aliphatic carbocycles. The van der Waals surface area contributed by atoms with Crippen LogP contribution in [0, 0.1) is 19.8 Å².